The van der Waals surface area contributed by atoms with E-state index in [9.17, 15) is 4.79 Å². The van der Waals surface area contributed by atoms with Gasteiger partial charge in [-0.05, 0) is 6.26 Å². The second-order valence-electron chi connectivity index (χ2n) is 2.78. The normalized spacial score (nSPS) is 10.2. The maximum Gasteiger partial charge on any atom is 0.271 e. The van der Waals surface area contributed by atoms with Gasteiger partial charge in [0, 0.05) is 19.3 Å². The largest absolute Gasteiger partial charge is 0.357 e. The number of nitrogens with zero attached hydrogens (tertiary/aromatic N) is 2. The van der Waals surface area contributed by atoms with E-state index in [4.69, 9.17) is 11.6 Å². The molecule has 0 aliphatic rings. The van der Waals surface area contributed by atoms with Gasteiger partial charge in [-0.1, -0.05) is 11.6 Å². The van der Waals surface area contributed by atoms with E-state index in [0.717, 1.165) is 12.3 Å². The topological polar surface area (TPSA) is 49.0 Å². The van der Waals surface area contributed by atoms with E-state index in [1.807, 2.05) is 18.2 Å². The van der Waals surface area contributed by atoms with Gasteiger partial charge in [-0.25, -0.2) is 4.98 Å². The Morgan fingerprint density at radius 1 is 1.71 bits per heavy atom. The second-order valence-corrected chi connectivity index (χ2v) is 4.15. The number of aromatic nitrogens is 2. The summed E-state index contributed by atoms with van der Waals surface area (Å²) in [5, 5.41) is 0.149. The van der Waals surface area contributed by atoms with Gasteiger partial charge in [0.15, 0.2) is 5.82 Å². The van der Waals surface area contributed by atoms with Crippen molar-refractivity contribution in [2.75, 3.05) is 30.5 Å². The molecule has 1 heterocycles. The number of rotatable bonds is 4. The van der Waals surface area contributed by atoms with E-state index in [-0.39, 0.29) is 10.6 Å². The fraction of sp³-hybridized carbons (Fsp3) is 0.500. The molecule has 0 saturated carbocycles. The maximum absolute atomic E-state index is 11.2. The average molecular weight is 234 g/mol. The molecule has 78 valence electrons. The van der Waals surface area contributed by atoms with Crippen LogP contribution in [0.2, 0.25) is 5.02 Å². The molecule has 0 saturated heterocycles. The molecule has 0 aliphatic heterocycles. The lowest BCUT2D eigenvalue weighted by Crippen LogP contribution is -2.24. The molecule has 1 aromatic heterocycles. The minimum atomic E-state index is -0.298. The molecule has 1 N–H and O–H groups in total. The summed E-state index contributed by atoms with van der Waals surface area (Å²) < 4.78 is 0. The lowest BCUT2D eigenvalue weighted by molar-refractivity contribution is 0.930. The first-order chi connectivity index (χ1) is 6.66. The summed E-state index contributed by atoms with van der Waals surface area (Å²) in [6, 6.07) is 0. The molecular weight excluding hydrogens is 222 g/mol. The van der Waals surface area contributed by atoms with Crippen LogP contribution in [0.3, 0.4) is 0 Å². The summed E-state index contributed by atoms with van der Waals surface area (Å²) in [6.45, 7) is 0.817. The number of H-pyrrole nitrogens is 1. The van der Waals surface area contributed by atoms with Crippen LogP contribution in [0.1, 0.15) is 0 Å². The molecule has 0 radical (unpaired) electrons. The summed E-state index contributed by atoms with van der Waals surface area (Å²) in [4.78, 5) is 19.5. The van der Waals surface area contributed by atoms with Gasteiger partial charge in [0.05, 0.1) is 6.33 Å². The summed E-state index contributed by atoms with van der Waals surface area (Å²) in [6.07, 6.45) is 3.39. The monoisotopic (exact) mass is 233 g/mol. The zero-order valence-electron chi connectivity index (χ0n) is 8.08. The molecule has 0 unspecified atom stereocenters. The first-order valence-corrected chi connectivity index (χ1v) is 5.87. The first kappa shape index (κ1) is 11.4. The molecule has 14 heavy (non-hydrogen) atoms. The van der Waals surface area contributed by atoms with Crippen LogP contribution in [0, 0.1) is 0 Å². The Balaban J connectivity index is 2.84. The molecule has 1 aromatic rings. The SMILES string of the molecule is CSCCN(C)c1nc[nH]c(=O)c1Cl. The summed E-state index contributed by atoms with van der Waals surface area (Å²) >= 11 is 7.55. The third-order valence-electron chi connectivity index (χ3n) is 1.77. The zero-order valence-corrected chi connectivity index (χ0v) is 9.65. The van der Waals surface area contributed by atoms with E-state index in [0.29, 0.717) is 5.82 Å². The van der Waals surface area contributed by atoms with Crippen molar-refractivity contribution < 1.29 is 0 Å². The highest BCUT2D eigenvalue weighted by Gasteiger charge is 2.09. The molecule has 6 heteroatoms. The van der Waals surface area contributed by atoms with Gasteiger partial charge in [0.2, 0.25) is 0 Å². The second kappa shape index (κ2) is 5.26. The van der Waals surface area contributed by atoms with Gasteiger partial charge in [-0.15, -0.1) is 0 Å². The summed E-state index contributed by atoms with van der Waals surface area (Å²) in [5.41, 5.74) is -0.298. The molecule has 0 aromatic carbocycles. The Morgan fingerprint density at radius 2 is 2.43 bits per heavy atom. The Bertz CT molecular complexity index is 355. The van der Waals surface area contributed by atoms with E-state index in [2.05, 4.69) is 9.97 Å². The smallest absolute Gasteiger partial charge is 0.271 e. The molecule has 0 atom stereocenters. The predicted molar refractivity (Wildman–Crippen MR) is 61.5 cm³/mol. The quantitative estimate of drug-likeness (QED) is 0.850. The number of nitrogens with one attached hydrogen (secondary N) is 1. The fourth-order valence-corrected chi connectivity index (χ4v) is 1.68. The molecule has 0 fully saturated rings. The highest BCUT2D eigenvalue weighted by Crippen LogP contribution is 2.16. The predicted octanol–water partition coefficient (Wildman–Crippen LogP) is 1.22. The maximum atomic E-state index is 11.2. The Kier molecular flexibility index (Phi) is 4.28. The van der Waals surface area contributed by atoms with Gasteiger partial charge < -0.3 is 9.88 Å². The van der Waals surface area contributed by atoms with Crippen molar-refractivity contribution in [1.29, 1.82) is 0 Å². The standard InChI is InChI=1S/C8H12ClN3OS/c1-12(3-4-14-2)7-6(9)8(13)11-5-10-7/h5H,3-4H2,1-2H3,(H,10,11,13). The van der Waals surface area contributed by atoms with Crippen LogP contribution in [0.4, 0.5) is 5.82 Å². The summed E-state index contributed by atoms with van der Waals surface area (Å²) in [5.74, 6) is 1.51. The molecule has 0 bridgehead atoms. The molecule has 4 nitrogen and oxygen atoms in total. The minimum Gasteiger partial charge on any atom is -0.357 e. The van der Waals surface area contributed by atoms with Crippen LogP contribution < -0.4 is 10.5 Å². The van der Waals surface area contributed by atoms with Crippen molar-refractivity contribution in [2.45, 2.75) is 0 Å². The van der Waals surface area contributed by atoms with Crippen molar-refractivity contribution in [1.82, 2.24) is 9.97 Å². The van der Waals surface area contributed by atoms with Crippen LogP contribution in [0.15, 0.2) is 11.1 Å². The highest BCUT2D eigenvalue weighted by molar-refractivity contribution is 7.98. The Morgan fingerprint density at radius 3 is 3.07 bits per heavy atom. The van der Waals surface area contributed by atoms with Gasteiger partial charge in [0.1, 0.15) is 5.02 Å². The van der Waals surface area contributed by atoms with Gasteiger partial charge in [-0.2, -0.15) is 11.8 Å². The molecule has 0 amide bonds. The Labute approximate surface area is 91.7 Å². The van der Waals surface area contributed by atoms with Crippen molar-refractivity contribution in [2.24, 2.45) is 0 Å². The lowest BCUT2D eigenvalue weighted by atomic mass is 10.5. The van der Waals surface area contributed by atoms with Crippen LogP contribution in [0.5, 0.6) is 0 Å². The minimum absolute atomic E-state index is 0.149. The van der Waals surface area contributed by atoms with Crippen LogP contribution >= 0.6 is 23.4 Å². The molecule has 0 aliphatic carbocycles. The number of hydrogen-bond acceptors (Lipinski definition) is 4. The molecular formula is C8H12ClN3OS. The molecule has 0 spiro atoms. The van der Waals surface area contributed by atoms with Crippen molar-refractivity contribution in [3.63, 3.8) is 0 Å². The van der Waals surface area contributed by atoms with E-state index in [1.54, 1.807) is 11.8 Å². The number of aromatic amines is 1. The van der Waals surface area contributed by atoms with E-state index < -0.39 is 0 Å². The number of thioether (sulfide) groups is 1. The number of anilines is 1. The highest BCUT2D eigenvalue weighted by atomic mass is 35.5. The number of hydrogen-bond donors (Lipinski definition) is 1. The van der Waals surface area contributed by atoms with Crippen LogP contribution in [-0.2, 0) is 0 Å². The molecule has 1 rings (SSSR count). The third-order valence-corrected chi connectivity index (χ3v) is 2.70. The van der Waals surface area contributed by atoms with Gasteiger partial charge >= 0.3 is 0 Å². The number of halogens is 1. The van der Waals surface area contributed by atoms with Gasteiger partial charge in [0.25, 0.3) is 5.56 Å². The van der Waals surface area contributed by atoms with Crippen LogP contribution in [-0.4, -0.2) is 35.6 Å². The van der Waals surface area contributed by atoms with E-state index in [1.165, 1.54) is 6.33 Å². The van der Waals surface area contributed by atoms with Crippen molar-refractivity contribution >= 4 is 29.2 Å². The van der Waals surface area contributed by atoms with Crippen molar-refractivity contribution in [3.8, 4) is 0 Å². The van der Waals surface area contributed by atoms with Crippen LogP contribution in [0.25, 0.3) is 0 Å². The third kappa shape index (κ3) is 2.65. The average Bonchev–Trinajstić information content (AvgIpc) is 2.18. The fourth-order valence-electron chi connectivity index (χ4n) is 0.974. The van der Waals surface area contributed by atoms with Crippen molar-refractivity contribution in [3.05, 3.63) is 21.7 Å². The van der Waals surface area contributed by atoms with E-state index >= 15 is 0 Å². The first-order valence-electron chi connectivity index (χ1n) is 4.10. The lowest BCUT2D eigenvalue weighted by Gasteiger charge is -2.17. The Hall–Kier alpha value is -0.680. The zero-order chi connectivity index (χ0) is 10.6. The van der Waals surface area contributed by atoms with Gasteiger partial charge in [-0.3, -0.25) is 4.79 Å². The summed E-state index contributed by atoms with van der Waals surface area (Å²) in [7, 11) is 1.86.